The second kappa shape index (κ2) is 7.10. The first-order valence-electron chi connectivity index (χ1n) is 8.59. The Morgan fingerprint density at radius 3 is 2.52 bits per heavy atom. The Kier molecular flexibility index (Phi) is 4.93. The van der Waals surface area contributed by atoms with Crippen LogP contribution in [0.3, 0.4) is 0 Å². The average Bonchev–Trinajstić information content (AvgIpc) is 2.99. The first-order chi connectivity index (χ1) is 12.9. The lowest BCUT2D eigenvalue weighted by Crippen LogP contribution is -2.57. The van der Waals surface area contributed by atoms with Crippen LogP contribution >= 0.6 is 34.8 Å². The highest BCUT2D eigenvalue weighted by molar-refractivity contribution is 6.35. The van der Waals surface area contributed by atoms with Gasteiger partial charge in [-0.1, -0.05) is 58.2 Å². The number of ketones is 1. The molecule has 2 aliphatic rings. The topological polar surface area (TPSA) is 41.9 Å². The second-order valence-electron chi connectivity index (χ2n) is 6.97. The summed E-state index contributed by atoms with van der Waals surface area (Å²) in [7, 11) is 1.97. The highest BCUT2D eigenvalue weighted by Gasteiger charge is 2.57. The first kappa shape index (κ1) is 18.8. The molecule has 2 atom stereocenters. The monoisotopic (exact) mass is 422 g/mol. The Labute approximate surface area is 172 Å². The lowest BCUT2D eigenvalue weighted by atomic mass is 9.73. The summed E-state index contributed by atoms with van der Waals surface area (Å²) in [6, 6.07) is 12.6. The van der Waals surface area contributed by atoms with Gasteiger partial charge in [0.1, 0.15) is 0 Å². The van der Waals surface area contributed by atoms with Crippen LogP contribution in [-0.4, -0.2) is 42.1 Å². The number of carbonyl (C=O) groups excluding carboxylic acids is 1. The van der Waals surface area contributed by atoms with Gasteiger partial charge in [-0.3, -0.25) is 4.79 Å². The largest absolute Gasteiger partial charge is 0.378 e. The average molecular weight is 424 g/mol. The molecule has 0 N–H and O–H groups in total. The molecule has 7 heteroatoms. The number of benzene rings is 2. The van der Waals surface area contributed by atoms with Crippen LogP contribution in [0.15, 0.2) is 47.6 Å². The Hall–Kier alpha value is -1.59. The summed E-state index contributed by atoms with van der Waals surface area (Å²) in [5.74, 6) is -0.400. The molecular weight excluding hydrogens is 407 g/mol. The van der Waals surface area contributed by atoms with Crippen molar-refractivity contribution < 1.29 is 9.63 Å². The van der Waals surface area contributed by atoms with E-state index in [1.54, 1.807) is 24.3 Å². The normalized spacial score (nSPS) is 25.6. The molecule has 0 bridgehead atoms. The summed E-state index contributed by atoms with van der Waals surface area (Å²) in [5.41, 5.74) is 1.18. The highest BCUT2D eigenvalue weighted by atomic mass is 35.5. The lowest BCUT2D eigenvalue weighted by Gasteiger charge is -2.39. The van der Waals surface area contributed by atoms with Crippen molar-refractivity contribution in [3.05, 3.63) is 68.7 Å². The number of carbonyl (C=O) groups is 1. The van der Waals surface area contributed by atoms with Gasteiger partial charge in [-0.05, 0) is 36.9 Å². The number of Topliss-reactive ketones (excluding diaryl/α,β-unsaturated/α-hetero) is 1. The maximum absolute atomic E-state index is 13.0. The van der Waals surface area contributed by atoms with Crippen LogP contribution in [0.4, 0.5) is 0 Å². The van der Waals surface area contributed by atoms with E-state index in [4.69, 9.17) is 39.6 Å². The number of nitrogens with zero attached hydrogens (tertiary/aromatic N) is 2. The predicted molar refractivity (Wildman–Crippen MR) is 108 cm³/mol. The van der Waals surface area contributed by atoms with Crippen molar-refractivity contribution in [1.82, 2.24) is 4.90 Å². The van der Waals surface area contributed by atoms with Crippen LogP contribution in [0, 0.1) is 0 Å². The summed E-state index contributed by atoms with van der Waals surface area (Å²) < 4.78 is 0. The molecule has 2 aromatic carbocycles. The van der Waals surface area contributed by atoms with E-state index in [0.717, 1.165) is 11.1 Å². The number of halogens is 3. The van der Waals surface area contributed by atoms with Crippen molar-refractivity contribution in [3.8, 4) is 0 Å². The van der Waals surface area contributed by atoms with Crippen molar-refractivity contribution in [2.45, 2.75) is 17.9 Å². The maximum Gasteiger partial charge on any atom is 0.220 e. The highest BCUT2D eigenvalue weighted by Crippen LogP contribution is 2.46. The van der Waals surface area contributed by atoms with Crippen molar-refractivity contribution in [2.24, 2.45) is 5.16 Å². The lowest BCUT2D eigenvalue weighted by molar-refractivity contribution is -0.150. The molecule has 1 saturated heterocycles. The van der Waals surface area contributed by atoms with Gasteiger partial charge >= 0.3 is 0 Å². The van der Waals surface area contributed by atoms with Gasteiger partial charge in [0.05, 0.1) is 11.6 Å². The van der Waals surface area contributed by atoms with Crippen molar-refractivity contribution >= 4 is 46.3 Å². The van der Waals surface area contributed by atoms with Crippen LogP contribution < -0.4 is 0 Å². The van der Waals surface area contributed by atoms with E-state index < -0.39 is 11.5 Å². The number of oxime groups is 1. The molecule has 140 valence electrons. The van der Waals surface area contributed by atoms with Gasteiger partial charge in [-0.15, -0.1) is 0 Å². The number of likely N-dealkylation sites (N-methyl/N-ethyl adjacent to an activating group) is 1. The van der Waals surface area contributed by atoms with Gasteiger partial charge in [-0.25, -0.2) is 0 Å². The fourth-order valence-corrected chi connectivity index (χ4v) is 4.48. The quantitative estimate of drug-likeness (QED) is 0.696. The van der Waals surface area contributed by atoms with Gasteiger partial charge in [0.25, 0.3) is 0 Å². The number of rotatable bonds is 2. The minimum atomic E-state index is -1.10. The minimum Gasteiger partial charge on any atom is -0.378 e. The number of likely N-dealkylation sites (tertiary alicyclic amines) is 1. The summed E-state index contributed by atoms with van der Waals surface area (Å²) in [5, 5.41) is 6.00. The van der Waals surface area contributed by atoms with Gasteiger partial charge in [-0.2, -0.15) is 0 Å². The van der Waals surface area contributed by atoms with Crippen molar-refractivity contribution in [2.75, 3.05) is 20.1 Å². The van der Waals surface area contributed by atoms with Crippen molar-refractivity contribution in [3.63, 3.8) is 0 Å². The van der Waals surface area contributed by atoms with E-state index in [9.17, 15) is 4.79 Å². The molecule has 0 unspecified atom stereocenters. The maximum atomic E-state index is 13.0. The molecule has 0 radical (unpaired) electrons. The van der Waals surface area contributed by atoms with E-state index in [1.807, 2.05) is 25.2 Å². The van der Waals surface area contributed by atoms with Crippen molar-refractivity contribution in [1.29, 1.82) is 0 Å². The zero-order valence-electron chi connectivity index (χ0n) is 14.6. The standard InChI is InChI=1S/C20H17Cl3N2O2/c1-25-9-8-17(26)20(11-25)18(15-7-6-14(22)10-16(15)23)19(24-27-20)12-2-4-13(21)5-3-12/h2-7,10,18H,8-9,11H2,1H3/t18-,20+/m0/s1. The third kappa shape index (κ3) is 3.25. The predicted octanol–water partition coefficient (Wildman–Crippen LogP) is 4.81. The van der Waals surface area contributed by atoms with Crippen LogP contribution in [0.25, 0.3) is 0 Å². The summed E-state index contributed by atoms with van der Waals surface area (Å²) in [6.07, 6.45) is 0.404. The Bertz CT molecular complexity index is 929. The van der Waals surface area contributed by atoms with Gasteiger partial charge < -0.3 is 9.74 Å². The molecule has 2 aliphatic heterocycles. The van der Waals surface area contributed by atoms with E-state index in [2.05, 4.69) is 10.1 Å². The van der Waals surface area contributed by atoms with Gasteiger partial charge in [0, 0.05) is 40.1 Å². The Morgan fingerprint density at radius 2 is 1.81 bits per heavy atom. The zero-order valence-corrected chi connectivity index (χ0v) is 16.9. The van der Waals surface area contributed by atoms with E-state index in [-0.39, 0.29) is 5.78 Å². The van der Waals surface area contributed by atoms with Crippen LogP contribution in [0.1, 0.15) is 23.5 Å². The van der Waals surface area contributed by atoms with Crippen LogP contribution in [0.2, 0.25) is 15.1 Å². The molecule has 4 rings (SSSR count). The molecule has 0 amide bonds. The third-order valence-electron chi connectivity index (χ3n) is 5.16. The molecule has 1 fully saturated rings. The molecule has 2 aromatic rings. The first-order valence-corrected chi connectivity index (χ1v) is 9.73. The SMILES string of the molecule is CN1CCC(=O)[C@@]2(C1)ON=C(c1ccc(Cl)cc1)[C@@H]2c1ccc(Cl)cc1Cl. The number of piperidine rings is 1. The molecule has 0 aliphatic carbocycles. The summed E-state index contributed by atoms with van der Waals surface area (Å²) in [4.78, 5) is 21.0. The zero-order chi connectivity index (χ0) is 19.2. The third-order valence-corrected chi connectivity index (χ3v) is 5.97. The summed E-state index contributed by atoms with van der Waals surface area (Å²) in [6.45, 7) is 1.14. The molecule has 1 spiro atoms. The Balaban J connectivity index is 1.87. The molecule has 4 nitrogen and oxygen atoms in total. The van der Waals surface area contributed by atoms with Gasteiger partial charge in [0.15, 0.2) is 5.78 Å². The molecule has 2 heterocycles. The Morgan fingerprint density at radius 1 is 1.11 bits per heavy atom. The number of hydrogen-bond donors (Lipinski definition) is 0. The second-order valence-corrected chi connectivity index (χ2v) is 8.25. The molecule has 0 saturated carbocycles. The van der Waals surface area contributed by atoms with Crippen LogP contribution in [0.5, 0.6) is 0 Å². The fraction of sp³-hybridized carbons (Fsp3) is 0.300. The van der Waals surface area contributed by atoms with E-state index in [1.165, 1.54) is 0 Å². The van der Waals surface area contributed by atoms with Crippen LogP contribution in [-0.2, 0) is 9.63 Å². The summed E-state index contributed by atoms with van der Waals surface area (Å²) >= 11 is 18.7. The van der Waals surface area contributed by atoms with E-state index >= 15 is 0 Å². The molecular formula is C20H17Cl3N2O2. The van der Waals surface area contributed by atoms with E-state index in [0.29, 0.717) is 40.3 Å². The number of hydrogen-bond acceptors (Lipinski definition) is 4. The molecule has 0 aromatic heterocycles. The fourth-order valence-electron chi connectivity index (χ4n) is 3.84. The minimum absolute atomic E-state index is 0.0318. The van der Waals surface area contributed by atoms with Gasteiger partial charge in [0.2, 0.25) is 5.60 Å². The molecule has 27 heavy (non-hydrogen) atoms. The smallest absolute Gasteiger partial charge is 0.220 e.